The maximum Gasteiger partial charge on any atom is 0.246 e. The Morgan fingerprint density at radius 2 is 2.00 bits per heavy atom. The normalized spacial score (nSPS) is 21.2. The van der Waals surface area contributed by atoms with Crippen LogP contribution in [-0.2, 0) is 14.8 Å². The molecule has 1 N–H and O–H groups in total. The largest absolute Gasteiger partial charge is 0.495 e. The molecule has 8 heteroatoms. The van der Waals surface area contributed by atoms with E-state index in [0.717, 1.165) is 18.7 Å². The summed E-state index contributed by atoms with van der Waals surface area (Å²) in [5, 5.41) is 3.34. The SMILES string of the molecule is COc1ccc(C)cc1S(=O)(=O)N1CCC2(CC1)CNCCO2.Cl. The van der Waals surface area contributed by atoms with E-state index in [2.05, 4.69) is 5.32 Å². The van der Waals surface area contributed by atoms with Crippen LogP contribution in [0.5, 0.6) is 5.75 Å². The monoisotopic (exact) mass is 376 g/mol. The summed E-state index contributed by atoms with van der Waals surface area (Å²) in [4.78, 5) is 0.249. The molecule has 2 aliphatic heterocycles. The smallest absolute Gasteiger partial charge is 0.246 e. The molecule has 1 spiro atoms. The van der Waals surface area contributed by atoms with Gasteiger partial charge in [-0.15, -0.1) is 12.4 Å². The number of rotatable bonds is 3. The number of benzene rings is 1. The molecule has 0 aliphatic carbocycles. The van der Waals surface area contributed by atoms with Gasteiger partial charge >= 0.3 is 0 Å². The molecule has 136 valence electrons. The van der Waals surface area contributed by atoms with Crippen molar-refractivity contribution >= 4 is 22.4 Å². The van der Waals surface area contributed by atoms with Crippen LogP contribution in [0.3, 0.4) is 0 Å². The van der Waals surface area contributed by atoms with E-state index in [1.54, 1.807) is 16.4 Å². The highest BCUT2D eigenvalue weighted by Crippen LogP contribution is 2.33. The van der Waals surface area contributed by atoms with Gasteiger partial charge in [0.05, 0.1) is 19.3 Å². The number of methoxy groups -OCH3 is 1. The number of hydrogen-bond donors (Lipinski definition) is 1. The Morgan fingerprint density at radius 1 is 1.29 bits per heavy atom. The van der Waals surface area contributed by atoms with E-state index in [9.17, 15) is 8.42 Å². The number of nitrogens with one attached hydrogen (secondary N) is 1. The summed E-state index contributed by atoms with van der Waals surface area (Å²) in [6.07, 6.45) is 1.43. The van der Waals surface area contributed by atoms with Gasteiger partial charge in [0, 0.05) is 26.2 Å². The van der Waals surface area contributed by atoms with Gasteiger partial charge in [0.15, 0.2) is 0 Å². The summed E-state index contributed by atoms with van der Waals surface area (Å²) < 4.78 is 38.7. The van der Waals surface area contributed by atoms with Crippen molar-refractivity contribution in [3.63, 3.8) is 0 Å². The average Bonchev–Trinajstić information content (AvgIpc) is 2.56. The van der Waals surface area contributed by atoms with E-state index < -0.39 is 10.0 Å². The molecule has 2 heterocycles. The van der Waals surface area contributed by atoms with Crippen molar-refractivity contribution in [2.24, 2.45) is 0 Å². The lowest BCUT2D eigenvalue weighted by Crippen LogP contribution is -2.56. The van der Waals surface area contributed by atoms with E-state index in [4.69, 9.17) is 9.47 Å². The van der Waals surface area contributed by atoms with E-state index >= 15 is 0 Å². The predicted octanol–water partition coefficient (Wildman–Crippen LogP) is 1.57. The van der Waals surface area contributed by atoms with Crippen molar-refractivity contribution in [2.75, 3.05) is 39.9 Å². The fourth-order valence-corrected chi connectivity index (χ4v) is 4.97. The summed E-state index contributed by atoms with van der Waals surface area (Å²) in [5.74, 6) is 0.395. The average molecular weight is 377 g/mol. The molecular weight excluding hydrogens is 352 g/mol. The molecule has 1 aromatic rings. The van der Waals surface area contributed by atoms with Crippen LogP contribution < -0.4 is 10.1 Å². The van der Waals surface area contributed by atoms with E-state index in [0.29, 0.717) is 38.3 Å². The molecule has 2 aliphatic rings. The predicted molar refractivity (Wildman–Crippen MR) is 94.5 cm³/mol. The molecule has 0 atom stereocenters. The third kappa shape index (κ3) is 3.70. The van der Waals surface area contributed by atoms with Gasteiger partial charge in [-0.3, -0.25) is 0 Å². The molecule has 0 unspecified atom stereocenters. The number of piperidine rings is 1. The van der Waals surface area contributed by atoms with E-state index in [-0.39, 0.29) is 22.9 Å². The molecule has 24 heavy (non-hydrogen) atoms. The molecule has 3 rings (SSSR count). The van der Waals surface area contributed by atoms with Gasteiger partial charge in [0.2, 0.25) is 10.0 Å². The lowest BCUT2D eigenvalue weighted by molar-refractivity contribution is -0.0915. The summed E-state index contributed by atoms with van der Waals surface area (Å²) >= 11 is 0. The molecule has 0 aromatic heterocycles. The van der Waals surface area contributed by atoms with Gasteiger partial charge < -0.3 is 14.8 Å². The molecular formula is C16H25ClN2O4S. The van der Waals surface area contributed by atoms with Crippen LogP contribution in [-0.4, -0.2) is 58.2 Å². The molecule has 0 bridgehead atoms. The van der Waals surface area contributed by atoms with Gasteiger partial charge in [-0.2, -0.15) is 4.31 Å². The van der Waals surface area contributed by atoms with Crippen molar-refractivity contribution in [2.45, 2.75) is 30.3 Å². The van der Waals surface area contributed by atoms with Crippen molar-refractivity contribution in [1.29, 1.82) is 0 Å². The minimum absolute atomic E-state index is 0. The Balaban J connectivity index is 0.00000208. The first-order chi connectivity index (χ1) is 11.0. The first-order valence-corrected chi connectivity index (χ1v) is 9.40. The van der Waals surface area contributed by atoms with Crippen molar-refractivity contribution in [1.82, 2.24) is 9.62 Å². The maximum atomic E-state index is 13.0. The zero-order valence-corrected chi connectivity index (χ0v) is 15.7. The van der Waals surface area contributed by atoms with Crippen LogP contribution in [0.25, 0.3) is 0 Å². The van der Waals surface area contributed by atoms with Crippen molar-refractivity contribution < 1.29 is 17.9 Å². The van der Waals surface area contributed by atoms with Crippen LogP contribution in [0.15, 0.2) is 23.1 Å². The molecule has 0 radical (unpaired) electrons. The fourth-order valence-electron chi connectivity index (χ4n) is 3.29. The van der Waals surface area contributed by atoms with E-state index in [1.807, 2.05) is 13.0 Å². The third-order valence-electron chi connectivity index (χ3n) is 4.70. The molecule has 2 fully saturated rings. The number of hydrogen-bond acceptors (Lipinski definition) is 5. The van der Waals surface area contributed by atoms with Crippen molar-refractivity contribution in [3.05, 3.63) is 23.8 Å². The zero-order chi connectivity index (χ0) is 16.5. The second kappa shape index (κ2) is 7.58. The Bertz CT molecular complexity index is 665. The van der Waals surface area contributed by atoms with Gasteiger partial charge in [-0.05, 0) is 37.5 Å². The second-order valence-electron chi connectivity index (χ2n) is 6.27. The highest BCUT2D eigenvalue weighted by atomic mass is 35.5. The number of sulfonamides is 1. The van der Waals surface area contributed by atoms with Gasteiger partial charge in [0.25, 0.3) is 0 Å². The summed E-state index contributed by atoms with van der Waals surface area (Å²) in [5.41, 5.74) is 0.693. The Kier molecular flexibility index (Phi) is 6.14. The molecule has 2 saturated heterocycles. The highest BCUT2D eigenvalue weighted by Gasteiger charge is 2.40. The third-order valence-corrected chi connectivity index (χ3v) is 6.62. The molecule has 6 nitrogen and oxygen atoms in total. The molecule has 1 aromatic carbocycles. The number of nitrogens with zero attached hydrogens (tertiary/aromatic N) is 1. The van der Waals surface area contributed by atoms with Crippen LogP contribution in [0.1, 0.15) is 18.4 Å². The lowest BCUT2D eigenvalue weighted by atomic mass is 9.91. The Hall–Kier alpha value is -0.860. The highest BCUT2D eigenvalue weighted by molar-refractivity contribution is 7.89. The number of aryl methyl sites for hydroxylation is 1. The number of halogens is 1. The topological polar surface area (TPSA) is 67.9 Å². The quantitative estimate of drug-likeness (QED) is 0.867. The van der Waals surface area contributed by atoms with Crippen LogP contribution >= 0.6 is 12.4 Å². The second-order valence-corrected chi connectivity index (χ2v) is 8.17. The number of morpholine rings is 1. The van der Waals surface area contributed by atoms with Gasteiger partial charge in [-0.1, -0.05) is 6.07 Å². The van der Waals surface area contributed by atoms with Crippen LogP contribution in [0, 0.1) is 6.92 Å². The minimum atomic E-state index is -3.55. The van der Waals surface area contributed by atoms with Gasteiger partial charge in [-0.25, -0.2) is 8.42 Å². The standard InChI is InChI=1S/C16H24N2O4S.ClH/c1-13-3-4-14(21-2)15(11-13)23(19,20)18-8-5-16(6-9-18)12-17-7-10-22-16;/h3-4,11,17H,5-10,12H2,1-2H3;1H. The summed E-state index contributed by atoms with van der Waals surface area (Å²) in [6, 6.07) is 5.24. The van der Waals surface area contributed by atoms with Crippen LogP contribution in [0.4, 0.5) is 0 Å². The number of ether oxygens (including phenoxy) is 2. The summed E-state index contributed by atoms with van der Waals surface area (Å²) in [6.45, 7) is 5.19. The fraction of sp³-hybridized carbons (Fsp3) is 0.625. The molecule has 0 saturated carbocycles. The Morgan fingerprint density at radius 3 is 2.58 bits per heavy atom. The molecule has 0 amide bonds. The first kappa shape index (κ1) is 19.5. The van der Waals surface area contributed by atoms with Crippen molar-refractivity contribution in [3.8, 4) is 5.75 Å². The summed E-state index contributed by atoms with van der Waals surface area (Å²) in [7, 11) is -2.05. The lowest BCUT2D eigenvalue weighted by Gasteiger charge is -2.43. The van der Waals surface area contributed by atoms with Gasteiger partial charge in [0.1, 0.15) is 10.6 Å². The van der Waals surface area contributed by atoms with E-state index in [1.165, 1.54) is 7.11 Å². The van der Waals surface area contributed by atoms with Crippen LogP contribution in [0.2, 0.25) is 0 Å². The minimum Gasteiger partial charge on any atom is -0.495 e. The zero-order valence-electron chi connectivity index (χ0n) is 14.1. The maximum absolute atomic E-state index is 13.0. The first-order valence-electron chi connectivity index (χ1n) is 7.96. The Labute approximate surface area is 150 Å².